The van der Waals surface area contributed by atoms with Gasteiger partial charge in [-0.3, -0.25) is 4.79 Å². The lowest BCUT2D eigenvalue weighted by Crippen LogP contribution is -2.43. The summed E-state index contributed by atoms with van der Waals surface area (Å²) in [5, 5.41) is 9.54. The number of likely N-dealkylation sites (tertiary alicyclic amines) is 1. The molecule has 1 aliphatic heterocycles. The molecule has 3 heteroatoms. The maximum atomic E-state index is 11.2. The maximum absolute atomic E-state index is 11.2. The number of nitrogens with zero attached hydrogens (tertiary/aromatic N) is 1. The van der Waals surface area contributed by atoms with Crippen LogP contribution in [0, 0.1) is 5.92 Å². The van der Waals surface area contributed by atoms with Crippen LogP contribution in [0.5, 0.6) is 0 Å². The first kappa shape index (κ1) is 11.1. The maximum Gasteiger partial charge on any atom is 0.164 e. The summed E-state index contributed by atoms with van der Waals surface area (Å²) < 4.78 is 0. The number of carbonyl (C=O) groups excluding carboxylic acids is 1. The highest BCUT2D eigenvalue weighted by molar-refractivity contribution is 5.84. The van der Waals surface area contributed by atoms with E-state index in [1.807, 2.05) is 12.2 Å². The number of piperidine rings is 1. The van der Waals surface area contributed by atoms with Crippen LogP contribution in [0.25, 0.3) is 0 Å². The molecule has 1 fully saturated rings. The molecule has 3 nitrogen and oxygen atoms in total. The van der Waals surface area contributed by atoms with Crippen molar-refractivity contribution in [2.45, 2.75) is 19.4 Å². The van der Waals surface area contributed by atoms with Crippen LogP contribution in [0.4, 0.5) is 0 Å². The van der Waals surface area contributed by atoms with Crippen LogP contribution >= 0.6 is 0 Å². The Balaban J connectivity index is 2.08. The molecule has 1 N–H and O–H groups in total. The Morgan fingerprint density at radius 2 is 2.25 bits per heavy atom. The lowest BCUT2D eigenvalue weighted by atomic mass is 10.1. The van der Waals surface area contributed by atoms with Crippen LogP contribution in [0.1, 0.15) is 13.3 Å². The summed E-state index contributed by atoms with van der Waals surface area (Å²) >= 11 is 0. The van der Waals surface area contributed by atoms with Crippen molar-refractivity contribution in [3.05, 3.63) is 36.1 Å². The van der Waals surface area contributed by atoms with Crippen LogP contribution in [0.15, 0.2) is 36.1 Å². The van der Waals surface area contributed by atoms with E-state index in [-0.39, 0.29) is 5.78 Å². The molecule has 1 heterocycles. The summed E-state index contributed by atoms with van der Waals surface area (Å²) in [4.78, 5) is 13.3. The predicted molar refractivity (Wildman–Crippen MR) is 62.7 cm³/mol. The molecule has 86 valence electrons. The minimum absolute atomic E-state index is 0.0432. The van der Waals surface area contributed by atoms with E-state index in [0.29, 0.717) is 25.4 Å². The van der Waals surface area contributed by atoms with Crippen LogP contribution < -0.4 is 0 Å². The zero-order valence-electron chi connectivity index (χ0n) is 9.47. The van der Waals surface area contributed by atoms with Gasteiger partial charge in [0.15, 0.2) is 5.78 Å². The topological polar surface area (TPSA) is 40.5 Å². The highest BCUT2D eigenvalue weighted by Crippen LogP contribution is 2.17. The number of β-amino-alcohol motifs (C(OH)–C–C–N with tert-alkyl or cyclic N) is 1. The molecule has 1 saturated heterocycles. The van der Waals surface area contributed by atoms with Gasteiger partial charge in [0.05, 0.1) is 6.54 Å². The second kappa shape index (κ2) is 4.66. The number of aliphatic hydroxyl groups excluding tert-OH is 1. The fourth-order valence-electron chi connectivity index (χ4n) is 1.96. The molecule has 16 heavy (non-hydrogen) atoms. The summed E-state index contributed by atoms with van der Waals surface area (Å²) in [7, 11) is 0. The molecule has 0 spiro atoms. The molecule has 2 atom stereocenters. The van der Waals surface area contributed by atoms with Crippen molar-refractivity contribution in [1.29, 1.82) is 0 Å². The number of ketones is 1. The summed E-state index contributed by atoms with van der Waals surface area (Å²) in [6, 6.07) is 0. The van der Waals surface area contributed by atoms with E-state index in [2.05, 4.69) is 30.1 Å². The Kier molecular flexibility index (Phi) is 3.25. The van der Waals surface area contributed by atoms with Gasteiger partial charge in [0.25, 0.3) is 0 Å². The molecule has 1 aliphatic carbocycles. The van der Waals surface area contributed by atoms with Gasteiger partial charge in [0.1, 0.15) is 6.10 Å². The van der Waals surface area contributed by atoms with E-state index < -0.39 is 6.10 Å². The van der Waals surface area contributed by atoms with Crippen molar-refractivity contribution in [1.82, 2.24) is 4.90 Å². The van der Waals surface area contributed by atoms with Crippen molar-refractivity contribution in [3.8, 4) is 0 Å². The fourth-order valence-corrected chi connectivity index (χ4v) is 1.96. The third-order valence-electron chi connectivity index (χ3n) is 3.01. The zero-order valence-corrected chi connectivity index (χ0v) is 9.47. The van der Waals surface area contributed by atoms with Gasteiger partial charge < -0.3 is 10.0 Å². The quantitative estimate of drug-likeness (QED) is 0.722. The van der Waals surface area contributed by atoms with Crippen molar-refractivity contribution in [2.24, 2.45) is 5.92 Å². The SMILES string of the molecule is CC1C=CC=C(N2CCC(=O)C(O)C2)C=C1. The van der Waals surface area contributed by atoms with Crippen LogP contribution in [0.2, 0.25) is 0 Å². The summed E-state index contributed by atoms with van der Waals surface area (Å²) in [5.74, 6) is 0.392. The van der Waals surface area contributed by atoms with E-state index in [1.54, 1.807) is 0 Å². The molecule has 2 rings (SSSR count). The van der Waals surface area contributed by atoms with Gasteiger partial charge >= 0.3 is 0 Å². The Hall–Kier alpha value is -1.35. The van der Waals surface area contributed by atoms with Crippen molar-refractivity contribution in [3.63, 3.8) is 0 Å². The molecule has 0 radical (unpaired) electrons. The number of hydrogen-bond acceptors (Lipinski definition) is 3. The molecule has 2 unspecified atom stereocenters. The molecule has 0 aromatic rings. The number of rotatable bonds is 1. The molecule has 0 saturated carbocycles. The van der Waals surface area contributed by atoms with E-state index >= 15 is 0 Å². The number of aliphatic hydroxyl groups is 1. The van der Waals surface area contributed by atoms with E-state index in [1.165, 1.54) is 0 Å². The van der Waals surface area contributed by atoms with Crippen molar-refractivity contribution < 1.29 is 9.90 Å². The second-order valence-electron chi connectivity index (χ2n) is 4.37. The smallest absolute Gasteiger partial charge is 0.164 e. The highest BCUT2D eigenvalue weighted by Gasteiger charge is 2.25. The minimum Gasteiger partial charge on any atom is -0.383 e. The summed E-state index contributed by atoms with van der Waals surface area (Å²) in [6.07, 6.45) is 9.98. The van der Waals surface area contributed by atoms with Gasteiger partial charge in [-0.25, -0.2) is 0 Å². The zero-order chi connectivity index (χ0) is 11.5. The van der Waals surface area contributed by atoms with Gasteiger partial charge in [-0.15, -0.1) is 0 Å². The van der Waals surface area contributed by atoms with Crippen LogP contribution in [-0.4, -0.2) is 35.0 Å². The van der Waals surface area contributed by atoms with Crippen molar-refractivity contribution in [2.75, 3.05) is 13.1 Å². The first-order valence-corrected chi connectivity index (χ1v) is 5.69. The van der Waals surface area contributed by atoms with Crippen LogP contribution in [0.3, 0.4) is 0 Å². The first-order valence-electron chi connectivity index (χ1n) is 5.69. The average Bonchev–Trinajstić information content (AvgIpc) is 2.47. The van der Waals surface area contributed by atoms with E-state index in [9.17, 15) is 9.90 Å². The molecule has 0 aromatic heterocycles. The van der Waals surface area contributed by atoms with Gasteiger partial charge in [0.2, 0.25) is 0 Å². The third-order valence-corrected chi connectivity index (χ3v) is 3.01. The monoisotopic (exact) mass is 219 g/mol. The van der Waals surface area contributed by atoms with Gasteiger partial charge in [-0.1, -0.05) is 25.2 Å². The lowest BCUT2D eigenvalue weighted by molar-refractivity contribution is -0.130. The highest BCUT2D eigenvalue weighted by atomic mass is 16.3. The number of hydrogen-bond donors (Lipinski definition) is 1. The largest absolute Gasteiger partial charge is 0.383 e. The number of allylic oxidation sites excluding steroid dienone is 5. The molecule has 2 aliphatic rings. The summed E-state index contributed by atoms with van der Waals surface area (Å²) in [6.45, 7) is 3.24. The van der Waals surface area contributed by atoms with Gasteiger partial charge in [0, 0.05) is 18.7 Å². The molecular formula is C13H17NO2. The van der Waals surface area contributed by atoms with E-state index in [0.717, 1.165) is 5.70 Å². The van der Waals surface area contributed by atoms with Gasteiger partial charge in [-0.2, -0.15) is 0 Å². The van der Waals surface area contributed by atoms with Crippen molar-refractivity contribution >= 4 is 5.78 Å². The molecule has 0 aromatic carbocycles. The second-order valence-corrected chi connectivity index (χ2v) is 4.37. The normalized spacial score (nSPS) is 30.2. The minimum atomic E-state index is -0.826. The first-order chi connectivity index (χ1) is 7.66. The van der Waals surface area contributed by atoms with Crippen LogP contribution in [-0.2, 0) is 4.79 Å². The Morgan fingerprint density at radius 3 is 3.00 bits per heavy atom. The molecule has 0 bridgehead atoms. The Bertz CT molecular complexity index is 368. The number of Topliss-reactive ketones (excluding diaryl/α,β-unsaturated/α-hetero) is 1. The number of carbonyl (C=O) groups is 1. The Labute approximate surface area is 95.8 Å². The molecule has 0 amide bonds. The predicted octanol–water partition coefficient (Wildman–Crippen LogP) is 1.27. The molecular weight excluding hydrogens is 202 g/mol. The Morgan fingerprint density at radius 1 is 1.44 bits per heavy atom. The lowest BCUT2D eigenvalue weighted by Gasteiger charge is -2.31. The summed E-state index contributed by atoms with van der Waals surface area (Å²) in [5.41, 5.74) is 1.08. The fraction of sp³-hybridized carbons (Fsp3) is 0.462. The van der Waals surface area contributed by atoms with E-state index in [4.69, 9.17) is 0 Å². The van der Waals surface area contributed by atoms with Gasteiger partial charge in [-0.05, 0) is 18.1 Å². The average molecular weight is 219 g/mol. The third kappa shape index (κ3) is 2.42. The standard InChI is InChI=1S/C13H17NO2/c1-10-3-2-4-11(6-5-10)14-8-7-12(15)13(16)9-14/h2-6,10,13,16H,7-9H2,1H3.